The Morgan fingerprint density at radius 1 is 0.208 bits per heavy atom. The van der Waals surface area contributed by atoms with Crippen molar-refractivity contribution in [2.24, 2.45) is 0 Å². The summed E-state index contributed by atoms with van der Waals surface area (Å²) in [5.41, 5.74) is 9.71. The first-order chi connectivity index (χ1) is 35.7. The smallest absolute Gasteiger partial charge is 0.164 e. The van der Waals surface area contributed by atoms with Crippen LogP contribution in [0.25, 0.3) is 144 Å². The molecule has 14 rings (SSSR count). The number of benzene rings is 10. The van der Waals surface area contributed by atoms with Gasteiger partial charge in [0.1, 0.15) is 0 Å². The Morgan fingerprint density at radius 3 is 1.00 bits per heavy atom. The van der Waals surface area contributed by atoms with Crippen LogP contribution in [0, 0.1) is 0 Å². The third-order valence-electron chi connectivity index (χ3n) is 13.7. The molecule has 10 aromatic carbocycles. The van der Waals surface area contributed by atoms with Crippen LogP contribution in [0.5, 0.6) is 0 Å². The number of nitrogens with zero attached hydrogens (tertiary/aromatic N) is 8. The Morgan fingerprint density at radius 2 is 0.556 bits per heavy atom. The van der Waals surface area contributed by atoms with Crippen LogP contribution in [0.2, 0.25) is 0 Å². The molecule has 0 radical (unpaired) electrons. The zero-order chi connectivity index (χ0) is 47.5. The van der Waals surface area contributed by atoms with Crippen LogP contribution in [0.3, 0.4) is 0 Å². The van der Waals surface area contributed by atoms with Crippen molar-refractivity contribution in [2.45, 2.75) is 0 Å². The summed E-state index contributed by atoms with van der Waals surface area (Å²) in [5.74, 6) is 3.56. The van der Waals surface area contributed by atoms with E-state index in [2.05, 4.69) is 192 Å². The van der Waals surface area contributed by atoms with E-state index in [1.165, 1.54) is 0 Å². The molecule has 0 aliphatic heterocycles. The normalized spacial score (nSPS) is 11.6. The molecule has 0 saturated carbocycles. The van der Waals surface area contributed by atoms with Crippen molar-refractivity contribution in [3.63, 3.8) is 0 Å². The highest BCUT2D eigenvalue weighted by Crippen LogP contribution is 2.43. The van der Waals surface area contributed by atoms with Gasteiger partial charge in [-0.15, -0.1) is 0 Å². The summed E-state index contributed by atoms with van der Waals surface area (Å²) in [5, 5.41) is 10.9. The number of rotatable bonds is 8. The summed E-state index contributed by atoms with van der Waals surface area (Å²) in [7, 11) is 0. The van der Waals surface area contributed by atoms with Gasteiger partial charge in [-0.2, -0.15) is 0 Å². The van der Waals surface area contributed by atoms with Crippen LogP contribution in [0.4, 0.5) is 0 Å². The molecule has 0 fully saturated rings. The molecule has 4 aromatic heterocycles. The van der Waals surface area contributed by atoms with Crippen LogP contribution in [-0.4, -0.2) is 39.9 Å². The summed E-state index contributed by atoms with van der Waals surface area (Å²) in [6.07, 6.45) is 7.25. The van der Waals surface area contributed by atoms with Gasteiger partial charge in [-0.05, 0) is 125 Å². The monoisotopic (exact) mass is 918 g/mol. The highest BCUT2D eigenvalue weighted by atomic mass is 15.0. The van der Waals surface area contributed by atoms with Crippen LogP contribution < -0.4 is 0 Å². The van der Waals surface area contributed by atoms with Crippen LogP contribution in [0.15, 0.2) is 231 Å². The van der Waals surface area contributed by atoms with Gasteiger partial charge < -0.3 is 0 Å². The third kappa shape index (κ3) is 7.08. The summed E-state index contributed by atoms with van der Waals surface area (Å²) >= 11 is 0. The van der Waals surface area contributed by atoms with Gasteiger partial charge in [0, 0.05) is 58.2 Å². The van der Waals surface area contributed by atoms with E-state index < -0.39 is 0 Å². The fraction of sp³-hybridized carbons (Fsp3) is 0. The van der Waals surface area contributed by atoms with Crippen molar-refractivity contribution in [1.82, 2.24) is 39.9 Å². The van der Waals surface area contributed by atoms with Gasteiger partial charge in [0.2, 0.25) is 0 Å². The second-order valence-electron chi connectivity index (χ2n) is 17.9. The molecule has 72 heavy (non-hydrogen) atoms. The maximum Gasteiger partial charge on any atom is 0.164 e. The highest BCUT2D eigenvalue weighted by Gasteiger charge is 2.22. The zero-order valence-corrected chi connectivity index (χ0v) is 38.5. The second kappa shape index (κ2) is 16.9. The van der Waals surface area contributed by atoms with Crippen molar-refractivity contribution in [3.05, 3.63) is 231 Å². The second-order valence-corrected chi connectivity index (χ2v) is 17.9. The molecule has 0 bridgehead atoms. The fourth-order valence-corrected chi connectivity index (χ4v) is 10.3. The van der Waals surface area contributed by atoms with E-state index in [4.69, 9.17) is 29.9 Å². The number of pyridine rings is 2. The predicted octanol–water partition coefficient (Wildman–Crippen LogP) is 15.4. The fourth-order valence-electron chi connectivity index (χ4n) is 10.3. The summed E-state index contributed by atoms with van der Waals surface area (Å²) < 4.78 is 0. The van der Waals surface area contributed by atoms with Crippen molar-refractivity contribution in [2.75, 3.05) is 0 Å². The summed E-state index contributed by atoms with van der Waals surface area (Å²) in [4.78, 5) is 40.3. The molecule has 8 nitrogen and oxygen atoms in total. The van der Waals surface area contributed by atoms with Gasteiger partial charge in [-0.25, -0.2) is 29.9 Å². The van der Waals surface area contributed by atoms with Crippen molar-refractivity contribution in [3.8, 4) is 90.6 Å². The lowest BCUT2D eigenvalue weighted by atomic mass is 9.89. The molecule has 0 spiro atoms. The molecule has 0 aliphatic rings. The maximum atomic E-state index is 5.34. The van der Waals surface area contributed by atoms with Gasteiger partial charge in [0.25, 0.3) is 0 Å². The first-order valence-corrected chi connectivity index (χ1v) is 23.9. The minimum atomic E-state index is 0.589. The van der Waals surface area contributed by atoms with E-state index in [-0.39, 0.29) is 0 Å². The Bertz CT molecular complexity index is 4110. The molecule has 334 valence electrons. The Labute approximate surface area is 413 Å². The lowest BCUT2D eigenvalue weighted by Crippen LogP contribution is -2.02. The van der Waals surface area contributed by atoms with Gasteiger partial charge in [0.05, 0.1) is 0 Å². The van der Waals surface area contributed by atoms with Gasteiger partial charge in [0.15, 0.2) is 34.9 Å². The van der Waals surface area contributed by atoms with E-state index in [1.54, 1.807) is 0 Å². The average Bonchev–Trinajstić information content (AvgIpc) is 3.46. The van der Waals surface area contributed by atoms with Gasteiger partial charge in [-0.1, -0.05) is 158 Å². The Balaban J connectivity index is 0.974. The molecule has 0 N–H and O–H groups in total. The van der Waals surface area contributed by atoms with E-state index >= 15 is 0 Å². The molecule has 0 aliphatic carbocycles. The van der Waals surface area contributed by atoms with Crippen molar-refractivity contribution < 1.29 is 0 Å². The van der Waals surface area contributed by atoms with Gasteiger partial charge in [-0.3, -0.25) is 9.97 Å². The number of hydrogen-bond donors (Lipinski definition) is 0. The third-order valence-corrected chi connectivity index (χ3v) is 13.7. The average molecular weight is 919 g/mol. The Hall–Kier alpha value is -9.92. The van der Waals surface area contributed by atoms with E-state index in [0.717, 1.165) is 109 Å². The highest BCUT2D eigenvalue weighted by molar-refractivity contribution is 6.27. The molecule has 14 aromatic rings. The molecular formula is C64H38N8. The molecule has 0 unspecified atom stereocenters. The zero-order valence-electron chi connectivity index (χ0n) is 38.5. The van der Waals surface area contributed by atoms with E-state index in [1.807, 2.05) is 49.1 Å². The predicted molar refractivity (Wildman–Crippen MR) is 291 cm³/mol. The summed E-state index contributed by atoms with van der Waals surface area (Å²) in [6.45, 7) is 0. The maximum absolute atomic E-state index is 5.34. The van der Waals surface area contributed by atoms with Gasteiger partial charge >= 0.3 is 0 Å². The molecule has 0 saturated heterocycles. The molecule has 0 amide bonds. The number of hydrogen-bond acceptors (Lipinski definition) is 8. The quantitative estimate of drug-likeness (QED) is 0.139. The minimum Gasteiger partial charge on any atom is -0.265 e. The molecule has 8 heteroatoms. The van der Waals surface area contributed by atoms with Crippen molar-refractivity contribution in [1.29, 1.82) is 0 Å². The van der Waals surface area contributed by atoms with Crippen LogP contribution >= 0.6 is 0 Å². The van der Waals surface area contributed by atoms with Crippen LogP contribution in [0.1, 0.15) is 0 Å². The van der Waals surface area contributed by atoms with Crippen LogP contribution in [-0.2, 0) is 0 Å². The molecule has 4 heterocycles. The first-order valence-electron chi connectivity index (χ1n) is 23.9. The minimum absolute atomic E-state index is 0.589. The number of aromatic nitrogens is 8. The lowest BCUT2D eigenvalue weighted by Gasteiger charge is -2.17. The molecule has 0 atom stereocenters. The number of fused-ring (bicyclic) bond motifs is 2. The topological polar surface area (TPSA) is 103 Å². The SMILES string of the molecule is c1cc(-c2ccncc2)cc(-c2nc(-c3cccc4ccccc34)nc(-c3ccc4ccc5c(-c6nc(-c7cccc(-c8ccncc8)c7)nc(-c7cccc8ccccc78)n6)ccc6ccc3c4c65)n2)c1. The molecular weight excluding hydrogens is 881 g/mol. The lowest BCUT2D eigenvalue weighted by molar-refractivity contribution is 1.08. The standard InChI is InChI=1S/C64H38N8/c1-3-17-49-41(9-1)11-7-19-53(49)61-67-59(47-15-5-13-45(37-47)39-29-33-65-34-30-39)69-63(71-61)55-27-23-43-22-26-52-56(28-24-44-21-25-51(55)57(43)58(44)52)64-70-60(48-16-6-14-46(38-48)40-31-35-66-36-32-40)68-62(72-64)54-20-8-12-42-10-2-4-18-50(42)54/h1-38H. The Kier molecular flexibility index (Phi) is 9.67. The van der Waals surface area contributed by atoms with Crippen molar-refractivity contribution >= 4 is 53.9 Å². The van der Waals surface area contributed by atoms with E-state index in [9.17, 15) is 0 Å². The van der Waals surface area contributed by atoms with E-state index in [0.29, 0.717) is 34.9 Å². The summed E-state index contributed by atoms with van der Waals surface area (Å²) in [6, 6.07) is 71.6. The largest absolute Gasteiger partial charge is 0.265 e. The first kappa shape index (κ1) is 41.1.